The van der Waals surface area contributed by atoms with E-state index >= 15 is 0 Å². The molecule has 0 spiro atoms. The van der Waals surface area contributed by atoms with Crippen molar-refractivity contribution >= 4 is 27.5 Å². The Bertz CT molecular complexity index is 397. The van der Waals surface area contributed by atoms with Crippen molar-refractivity contribution in [3.8, 4) is 0 Å². The molecule has 1 aromatic rings. The third kappa shape index (κ3) is 3.45. The van der Waals surface area contributed by atoms with Gasteiger partial charge in [-0.3, -0.25) is 4.90 Å². The van der Waals surface area contributed by atoms with Gasteiger partial charge in [-0.25, -0.2) is 0 Å². The summed E-state index contributed by atoms with van der Waals surface area (Å²) in [7, 11) is 0. The molecule has 0 saturated carbocycles. The SMILES string of the molecule is OCC[C@@H](c1ccc(Cl)c(Br)c1)N1CCNCC1. The number of halogens is 2. The van der Waals surface area contributed by atoms with Crippen molar-refractivity contribution in [1.82, 2.24) is 10.2 Å². The Hall–Kier alpha value is -0.130. The molecule has 2 rings (SSSR count). The third-order valence-corrected chi connectivity index (χ3v) is 4.54. The van der Waals surface area contributed by atoms with E-state index in [9.17, 15) is 5.11 Å². The van der Waals surface area contributed by atoms with E-state index in [0.29, 0.717) is 0 Å². The fourth-order valence-electron chi connectivity index (χ4n) is 2.40. The van der Waals surface area contributed by atoms with Crippen LogP contribution < -0.4 is 5.32 Å². The van der Waals surface area contributed by atoms with E-state index in [4.69, 9.17) is 11.6 Å². The van der Waals surface area contributed by atoms with Gasteiger partial charge in [0.25, 0.3) is 0 Å². The molecule has 0 unspecified atom stereocenters. The van der Waals surface area contributed by atoms with E-state index in [1.807, 2.05) is 6.07 Å². The van der Waals surface area contributed by atoms with E-state index in [1.54, 1.807) is 0 Å². The van der Waals surface area contributed by atoms with Gasteiger partial charge >= 0.3 is 0 Å². The second-order valence-electron chi connectivity index (χ2n) is 4.49. The van der Waals surface area contributed by atoms with Gasteiger partial charge in [0.05, 0.1) is 5.02 Å². The molecule has 3 nitrogen and oxygen atoms in total. The summed E-state index contributed by atoms with van der Waals surface area (Å²) in [5, 5.41) is 13.3. The van der Waals surface area contributed by atoms with Crippen molar-refractivity contribution in [3.63, 3.8) is 0 Å². The Labute approximate surface area is 121 Å². The van der Waals surface area contributed by atoms with Gasteiger partial charge in [0.15, 0.2) is 0 Å². The van der Waals surface area contributed by atoms with Crippen LogP contribution in [0.1, 0.15) is 18.0 Å². The number of hydrogen-bond donors (Lipinski definition) is 2. The molecule has 5 heteroatoms. The van der Waals surface area contributed by atoms with Crippen molar-refractivity contribution in [1.29, 1.82) is 0 Å². The molecule has 0 radical (unpaired) electrons. The predicted octanol–water partition coefficient (Wildman–Crippen LogP) is 2.43. The van der Waals surface area contributed by atoms with E-state index in [2.05, 4.69) is 38.3 Å². The van der Waals surface area contributed by atoms with Gasteiger partial charge in [-0.15, -0.1) is 0 Å². The molecular formula is C13H18BrClN2O. The van der Waals surface area contributed by atoms with Crippen LogP contribution >= 0.6 is 27.5 Å². The number of nitrogens with one attached hydrogen (secondary N) is 1. The highest BCUT2D eigenvalue weighted by molar-refractivity contribution is 9.10. The molecule has 18 heavy (non-hydrogen) atoms. The molecule has 0 aliphatic carbocycles. The molecule has 100 valence electrons. The summed E-state index contributed by atoms with van der Waals surface area (Å²) < 4.78 is 0.916. The lowest BCUT2D eigenvalue weighted by Crippen LogP contribution is -2.45. The summed E-state index contributed by atoms with van der Waals surface area (Å²) in [6.45, 7) is 4.26. The van der Waals surface area contributed by atoms with Crippen LogP contribution in [-0.2, 0) is 0 Å². The lowest BCUT2D eigenvalue weighted by molar-refractivity contribution is 0.141. The zero-order valence-electron chi connectivity index (χ0n) is 10.2. The van der Waals surface area contributed by atoms with Crippen molar-refractivity contribution < 1.29 is 5.11 Å². The van der Waals surface area contributed by atoms with Crippen LogP contribution in [0.4, 0.5) is 0 Å². The second kappa shape index (κ2) is 6.87. The third-order valence-electron chi connectivity index (χ3n) is 3.32. The molecule has 1 fully saturated rings. The molecule has 1 aliphatic rings. The number of aliphatic hydroxyl groups is 1. The van der Waals surface area contributed by atoms with Crippen molar-refractivity contribution in [2.24, 2.45) is 0 Å². The highest BCUT2D eigenvalue weighted by atomic mass is 79.9. The zero-order valence-corrected chi connectivity index (χ0v) is 12.5. The quantitative estimate of drug-likeness (QED) is 0.888. The lowest BCUT2D eigenvalue weighted by Gasteiger charge is -2.35. The largest absolute Gasteiger partial charge is 0.396 e. The molecule has 1 atom stereocenters. The first kappa shape index (κ1) is 14.3. The summed E-state index contributed by atoms with van der Waals surface area (Å²) in [6, 6.07) is 6.29. The van der Waals surface area contributed by atoms with Crippen molar-refractivity contribution in [2.45, 2.75) is 12.5 Å². The van der Waals surface area contributed by atoms with Crippen LogP contribution in [0.25, 0.3) is 0 Å². The number of piperazine rings is 1. The monoisotopic (exact) mass is 332 g/mol. The average molecular weight is 334 g/mol. The lowest BCUT2D eigenvalue weighted by atomic mass is 10.0. The van der Waals surface area contributed by atoms with Crippen LogP contribution in [0.2, 0.25) is 5.02 Å². The minimum atomic E-state index is 0.203. The first-order valence-electron chi connectivity index (χ1n) is 6.23. The van der Waals surface area contributed by atoms with E-state index in [-0.39, 0.29) is 12.6 Å². The summed E-state index contributed by atoms with van der Waals surface area (Å²) in [6.07, 6.45) is 0.758. The molecule has 1 aliphatic heterocycles. The molecule has 0 aromatic heterocycles. The molecule has 0 amide bonds. The van der Waals surface area contributed by atoms with Crippen molar-refractivity contribution in [2.75, 3.05) is 32.8 Å². The van der Waals surface area contributed by atoms with Gasteiger partial charge in [0, 0.05) is 43.3 Å². The molecule has 0 bridgehead atoms. The summed E-state index contributed by atoms with van der Waals surface area (Å²) in [5.41, 5.74) is 1.21. The first-order valence-corrected chi connectivity index (χ1v) is 7.40. The van der Waals surface area contributed by atoms with Crippen LogP contribution in [0.5, 0.6) is 0 Å². The van der Waals surface area contributed by atoms with Crippen LogP contribution in [0.3, 0.4) is 0 Å². The summed E-state index contributed by atoms with van der Waals surface area (Å²) in [4.78, 5) is 2.42. The van der Waals surface area contributed by atoms with Crippen molar-refractivity contribution in [3.05, 3.63) is 33.3 Å². The van der Waals surface area contributed by atoms with Crippen LogP contribution in [0, 0.1) is 0 Å². The molecular weight excluding hydrogens is 316 g/mol. The maximum atomic E-state index is 9.27. The van der Waals surface area contributed by atoms with Gasteiger partial charge in [-0.05, 0) is 40.0 Å². The molecule has 1 heterocycles. The normalized spacial score (nSPS) is 18.8. The van der Waals surface area contributed by atoms with Gasteiger partial charge in [-0.1, -0.05) is 17.7 Å². The fourth-order valence-corrected chi connectivity index (χ4v) is 2.91. The highest BCUT2D eigenvalue weighted by Crippen LogP contribution is 2.30. The fraction of sp³-hybridized carbons (Fsp3) is 0.538. The number of nitrogens with zero attached hydrogens (tertiary/aromatic N) is 1. The maximum absolute atomic E-state index is 9.27. The Morgan fingerprint density at radius 1 is 1.39 bits per heavy atom. The van der Waals surface area contributed by atoms with E-state index in [1.165, 1.54) is 5.56 Å². The molecule has 2 N–H and O–H groups in total. The maximum Gasteiger partial charge on any atom is 0.0548 e. The van der Waals surface area contributed by atoms with E-state index < -0.39 is 0 Å². The zero-order chi connectivity index (χ0) is 13.0. The predicted molar refractivity (Wildman–Crippen MR) is 78.0 cm³/mol. The standard InChI is InChI=1S/C13H18BrClN2O/c14-11-9-10(1-2-12(11)15)13(3-8-18)17-6-4-16-5-7-17/h1-2,9,13,16,18H,3-8H2/t13-/m0/s1. The topological polar surface area (TPSA) is 35.5 Å². The van der Waals surface area contributed by atoms with Crippen LogP contribution in [-0.4, -0.2) is 42.8 Å². The van der Waals surface area contributed by atoms with E-state index in [0.717, 1.165) is 42.1 Å². The number of hydrogen-bond acceptors (Lipinski definition) is 3. The summed E-state index contributed by atoms with van der Waals surface area (Å²) >= 11 is 9.49. The van der Waals surface area contributed by atoms with Gasteiger partial charge in [0.2, 0.25) is 0 Å². The highest BCUT2D eigenvalue weighted by Gasteiger charge is 2.22. The smallest absolute Gasteiger partial charge is 0.0548 e. The van der Waals surface area contributed by atoms with Gasteiger partial charge < -0.3 is 10.4 Å². The molecule has 1 aromatic carbocycles. The first-order chi connectivity index (χ1) is 8.72. The number of aliphatic hydroxyl groups excluding tert-OH is 1. The number of benzene rings is 1. The Morgan fingerprint density at radius 3 is 2.72 bits per heavy atom. The Balaban J connectivity index is 2.19. The van der Waals surface area contributed by atoms with Crippen LogP contribution in [0.15, 0.2) is 22.7 Å². The minimum Gasteiger partial charge on any atom is -0.396 e. The number of rotatable bonds is 4. The van der Waals surface area contributed by atoms with Gasteiger partial charge in [0.1, 0.15) is 0 Å². The Kier molecular flexibility index (Phi) is 5.45. The minimum absolute atomic E-state index is 0.203. The second-order valence-corrected chi connectivity index (χ2v) is 5.75. The average Bonchev–Trinajstić information content (AvgIpc) is 2.40. The Morgan fingerprint density at radius 2 is 2.11 bits per heavy atom. The van der Waals surface area contributed by atoms with Gasteiger partial charge in [-0.2, -0.15) is 0 Å². The summed E-state index contributed by atoms with van der Waals surface area (Å²) in [5.74, 6) is 0. The molecule has 1 saturated heterocycles.